The number of methoxy groups -OCH3 is 2. The van der Waals surface area contributed by atoms with Crippen molar-refractivity contribution >= 4 is 5.97 Å². The van der Waals surface area contributed by atoms with Crippen LogP contribution >= 0.6 is 0 Å². The van der Waals surface area contributed by atoms with Gasteiger partial charge in [0.05, 0.1) is 13.2 Å². The van der Waals surface area contributed by atoms with Crippen LogP contribution in [0.1, 0.15) is 32.1 Å². The number of esters is 1. The third-order valence-electron chi connectivity index (χ3n) is 2.62. The number of hydrogen-bond donors (Lipinski definition) is 0. The summed E-state index contributed by atoms with van der Waals surface area (Å²) < 4.78 is 9.95. The first-order valence-electron chi connectivity index (χ1n) is 5.06. The lowest BCUT2D eigenvalue weighted by atomic mass is 9.93. The van der Waals surface area contributed by atoms with Gasteiger partial charge in [0.25, 0.3) is 0 Å². The van der Waals surface area contributed by atoms with Gasteiger partial charge in [-0.15, -0.1) is 0 Å². The molecule has 0 saturated heterocycles. The molecule has 0 aromatic rings. The molecular weight excluding hydrogens is 180 g/mol. The van der Waals surface area contributed by atoms with E-state index in [9.17, 15) is 4.79 Å². The van der Waals surface area contributed by atoms with Gasteiger partial charge in [-0.25, -0.2) is 0 Å². The molecule has 0 aromatic heterocycles. The molecule has 0 amide bonds. The van der Waals surface area contributed by atoms with Gasteiger partial charge >= 0.3 is 5.97 Å². The second-order valence-electron chi connectivity index (χ2n) is 3.51. The normalized spacial score (nSPS) is 21.6. The Balaban J connectivity index is 2.41. The first-order valence-corrected chi connectivity index (χ1v) is 5.06. The lowest BCUT2D eigenvalue weighted by Gasteiger charge is -2.22. The zero-order valence-corrected chi connectivity index (χ0v) is 8.91. The molecule has 0 fully saturated rings. The Morgan fingerprint density at radius 2 is 2.36 bits per heavy atom. The Kier molecular flexibility index (Phi) is 4.66. The number of carbonyl (C=O) groups excluding carboxylic acids is 1. The summed E-state index contributed by atoms with van der Waals surface area (Å²) in [6.07, 6.45) is 7.00. The standard InChI is InChI=1S/C11H18O3/c1-13-10-6-4-3-5-9(10)7-8-11(12)14-2/h5,10H,3-4,6-8H2,1-2H3. The zero-order valence-electron chi connectivity index (χ0n) is 8.91. The number of hydrogen-bond acceptors (Lipinski definition) is 3. The molecule has 0 aliphatic heterocycles. The van der Waals surface area contributed by atoms with E-state index in [1.165, 1.54) is 19.1 Å². The molecule has 0 radical (unpaired) electrons. The predicted molar refractivity (Wildman–Crippen MR) is 54.0 cm³/mol. The van der Waals surface area contributed by atoms with E-state index in [1.807, 2.05) is 0 Å². The van der Waals surface area contributed by atoms with Gasteiger partial charge < -0.3 is 9.47 Å². The highest BCUT2D eigenvalue weighted by molar-refractivity contribution is 5.69. The van der Waals surface area contributed by atoms with Crippen molar-refractivity contribution in [3.8, 4) is 0 Å². The van der Waals surface area contributed by atoms with Gasteiger partial charge in [0.15, 0.2) is 0 Å². The fraction of sp³-hybridized carbons (Fsp3) is 0.727. The van der Waals surface area contributed by atoms with Crippen molar-refractivity contribution in [2.45, 2.75) is 38.2 Å². The number of allylic oxidation sites excluding steroid dienone is 1. The quantitative estimate of drug-likeness (QED) is 0.512. The van der Waals surface area contributed by atoms with Crippen LogP contribution in [0.3, 0.4) is 0 Å². The topological polar surface area (TPSA) is 35.5 Å². The third kappa shape index (κ3) is 3.14. The third-order valence-corrected chi connectivity index (χ3v) is 2.62. The summed E-state index contributed by atoms with van der Waals surface area (Å²) in [5.74, 6) is -0.147. The van der Waals surface area contributed by atoms with Crippen LogP contribution in [0.5, 0.6) is 0 Å². The molecule has 0 heterocycles. The second kappa shape index (κ2) is 5.81. The Hall–Kier alpha value is -0.830. The monoisotopic (exact) mass is 198 g/mol. The fourth-order valence-electron chi connectivity index (χ4n) is 1.79. The molecule has 1 unspecified atom stereocenters. The van der Waals surface area contributed by atoms with E-state index in [-0.39, 0.29) is 12.1 Å². The van der Waals surface area contributed by atoms with Crippen LogP contribution < -0.4 is 0 Å². The molecular formula is C11H18O3. The predicted octanol–water partition coefficient (Wildman–Crippen LogP) is 2.06. The summed E-state index contributed by atoms with van der Waals surface area (Å²) in [7, 11) is 3.15. The maximum absolute atomic E-state index is 11.0. The average Bonchev–Trinajstić information content (AvgIpc) is 2.26. The lowest BCUT2D eigenvalue weighted by Crippen LogP contribution is -2.18. The zero-order chi connectivity index (χ0) is 10.4. The van der Waals surface area contributed by atoms with Crippen molar-refractivity contribution < 1.29 is 14.3 Å². The summed E-state index contributed by atoms with van der Waals surface area (Å²) in [5.41, 5.74) is 1.25. The van der Waals surface area contributed by atoms with Crippen molar-refractivity contribution in [3.63, 3.8) is 0 Å². The van der Waals surface area contributed by atoms with Crippen molar-refractivity contribution in [2.24, 2.45) is 0 Å². The average molecular weight is 198 g/mol. The first kappa shape index (κ1) is 11.2. The number of carbonyl (C=O) groups is 1. The molecule has 0 spiro atoms. The van der Waals surface area contributed by atoms with Gasteiger partial charge in [0.1, 0.15) is 0 Å². The van der Waals surface area contributed by atoms with Crippen LogP contribution in [0.4, 0.5) is 0 Å². The van der Waals surface area contributed by atoms with E-state index >= 15 is 0 Å². The van der Waals surface area contributed by atoms with Crippen molar-refractivity contribution in [1.82, 2.24) is 0 Å². The minimum atomic E-state index is -0.147. The van der Waals surface area contributed by atoms with E-state index in [1.54, 1.807) is 7.11 Å². The van der Waals surface area contributed by atoms with E-state index in [0.717, 1.165) is 19.3 Å². The van der Waals surface area contributed by atoms with Crippen LogP contribution in [-0.2, 0) is 14.3 Å². The maximum atomic E-state index is 11.0. The highest BCUT2D eigenvalue weighted by Crippen LogP contribution is 2.24. The van der Waals surface area contributed by atoms with E-state index < -0.39 is 0 Å². The molecule has 80 valence electrons. The van der Waals surface area contributed by atoms with Crippen LogP contribution in [0.2, 0.25) is 0 Å². The Morgan fingerprint density at radius 3 is 3.00 bits per heavy atom. The molecule has 0 aromatic carbocycles. The van der Waals surface area contributed by atoms with Crippen molar-refractivity contribution in [3.05, 3.63) is 11.6 Å². The van der Waals surface area contributed by atoms with Crippen LogP contribution in [0, 0.1) is 0 Å². The van der Waals surface area contributed by atoms with E-state index in [0.29, 0.717) is 6.42 Å². The van der Waals surface area contributed by atoms with E-state index in [4.69, 9.17) is 4.74 Å². The summed E-state index contributed by atoms with van der Waals surface area (Å²) in [6, 6.07) is 0. The highest BCUT2D eigenvalue weighted by Gasteiger charge is 2.17. The van der Waals surface area contributed by atoms with Gasteiger partial charge in [0.2, 0.25) is 0 Å². The SMILES string of the molecule is COC(=O)CCC1=CCCCC1OC. The second-order valence-corrected chi connectivity index (χ2v) is 3.51. The molecule has 14 heavy (non-hydrogen) atoms. The molecule has 1 atom stereocenters. The summed E-state index contributed by atoms with van der Waals surface area (Å²) in [6.45, 7) is 0. The van der Waals surface area contributed by atoms with Crippen molar-refractivity contribution in [1.29, 1.82) is 0 Å². The molecule has 1 aliphatic rings. The van der Waals surface area contributed by atoms with Crippen LogP contribution in [0.15, 0.2) is 11.6 Å². The van der Waals surface area contributed by atoms with Crippen molar-refractivity contribution in [2.75, 3.05) is 14.2 Å². The number of rotatable bonds is 4. The molecule has 3 heteroatoms. The Bertz CT molecular complexity index is 221. The van der Waals surface area contributed by atoms with Gasteiger partial charge in [-0.3, -0.25) is 4.79 Å². The van der Waals surface area contributed by atoms with Crippen LogP contribution in [-0.4, -0.2) is 26.3 Å². The van der Waals surface area contributed by atoms with E-state index in [2.05, 4.69) is 10.8 Å². The Labute approximate surface area is 85.1 Å². The molecule has 0 bridgehead atoms. The van der Waals surface area contributed by atoms with Gasteiger partial charge in [-0.1, -0.05) is 6.08 Å². The summed E-state index contributed by atoms with van der Waals surface area (Å²) in [4.78, 5) is 11.0. The van der Waals surface area contributed by atoms with Crippen LogP contribution in [0.25, 0.3) is 0 Å². The minimum absolute atomic E-state index is 0.147. The van der Waals surface area contributed by atoms with Gasteiger partial charge in [-0.05, 0) is 31.3 Å². The highest BCUT2D eigenvalue weighted by atomic mass is 16.5. The summed E-state index contributed by atoms with van der Waals surface area (Å²) >= 11 is 0. The molecule has 0 N–H and O–H groups in total. The molecule has 1 aliphatic carbocycles. The maximum Gasteiger partial charge on any atom is 0.305 e. The smallest absolute Gasteiger partial charge is 0.305 e. The first-order chi connectivity index (χ1) is 6.77. The molecule has 3 nitrogen and oxygen atoms in total. The Morgan fingerprint density at radius 1 is 1.57 bits per heavy atom. The largest absolute Gasteiger partial charge is 0.469 e. The summed E-state index contributed by atoms with van der Waals surface area (Å²) in [5, 5.41) is 0. The molecule has 0 saturated carbocycles. The minimum Gasteiger partial charge on any atom is -0.469 e. The lowest BCUT2D eigenvalue weighted by molar-refractivity contribution is -0.140. The molecule has 1 rings (SSSR count). The van der Waals surface area contributed by atoms with Gasteiger partial charge in [0, 0.05) is 13.5 Å². The number of ether oxygens (including phenoxy) is 2. The fourth-order valence-corrected chi connectivity index (χ4v) is 1.79. The van der Waals surface area contributed by atoms with Gasteiger partial charge in [-0.2, -0.15) is 0 Å².